The maximum absolute atomic E-state index is 11.4. The van der Waals surface area contributed by atoms with Crippen LogP contribution in [0.4, 0.5) is 0 Å². The van der Waals surface area contributed by atoms with Gasteiger partial charge in [0.15, 0.2) is 0 Å². The Morgan fingerprint density at radius 2 is 2.10 bits per heavy atom. The van der Waals surface area contributed by atoms with Crippen molar-refractivity contribution in [3.63, 3.8) is 0 Å². The van der Waals surface area contributed by atoms with E-state index >= 15 is 0 Å². The minimum absolute atomic E-state index is 0.0402. The van der Waals surface area contributed by atoms with Crippen LogP contribution in [0.2, 0.25) is 0 Å². The maximum atomic E-state index is 11.4. The lowest BCUT2D eigenvalue weighted by Gasteiger charge is -2.17. The standard InChI is InChI=1S/C16H23NO3/c1-4-10-17-14(12-16(18)19-3)11-13-6-8-15(9-7-13)20-5-2/h4,6-9,14,17H,1,5,10-12H2,2-3H3. The van der Waals surface area contributed by atoms with E-state index in [-0.39, 0.29) is 12.0 Å². The van der Waals surface area contributed by atoms with Gasteiger partial charge >= 0.3 is 5.97 Å². The third kappa shape index (κ3) is 5.89. The summed E-state index contributed by atoms with van der Waals surface area (Å²) in [6, 6.07) is 7.97. The van der Waals surface area contributed by atoms with Crippen molar-refractivity contribution >= 4 is 5.97 Å². The normalized spacial score (nSPS) is 11.7. The molecule has 0 radical (unpaired) electrons. The second-order valence-electron chi connectivity index (χ2n) is 4.46. The van der Waals surface area contributed by atoms with Gasteiger partial charge in [-0.2, -0.15) is 0 Å². The van der Waals surface area contributed by atoms with Crippen LogP contribution in [-0.2, 0) is 16.0 Å². The summed E-state index contributed by atoms with van der Waals surface area (Å²) in [5.74, 6) is 0.650. The molecule has 0 saturated heterocycles. The van der Waals surface area contributed by atoms with Crippen molar-refractivity contribution in [3.8, 4) is 5.75 Å². The average molecular weight is 277 g/mol. The van der Waals surface area contributed by atoms with Crippen molar-refractivity contribution in [1.29, 1.82) is 0 Å². The Morgan fingerprint density at radius 1 is 1.40 bits per heavy atom. The molecule has 4 nitrogen and oxygen atoms in total. The summed E-state index contributed by atoms with van der Waals surface area (Å²) in [4.78, 5) is 11.4. The topological polar surface area (TPSA) is 47.6 Å². The van der Waals surface area contributed by atoms with Gasteiger partial charge in [-0.15, -0.1) is 6.58 Å². The molecule has 0 aliphatic carbocycles. The summed E-state index contributed by atoms with van der Waals surface area (Å²) in [6.07, 6.45) is 2.88. The molecule has 110 valence electrons. The molecular weight excluding hydrogens is 254 g/mol. The predicted molar refractivity (Wildman–Crippen MR) is 79.9 cm³/mol. The van der Waals surface area contributed by atoms with Crippen molar-refractivity contribution in [2.75, 3.05) is 20.3 Å². The largest absolute Gasteiger partial charge is 0.494 e. The average Bonchev–Trinajstić information content (AvgIpc) is 2.47. The Balaban J connectivity index is 2.62. The Kier molecular flexibility index (Phi) is 7.43. The van der Waals surface area contributed by atoms with Crippen LogP contribution in [0.1, 0.15) is 18.9 Å². The first kappa shape index (κ1) is 16.2. The summed E-state index contributed by atoms with van der Waals surface area (Å²) in [6.45, 7) is 6.96. The number of rotatable bonds is 9. The molecule has 1 aromatic rings. The Hall–Kier alpha value is -1.81. The van der Waals surface area contributed by atoms with E-state index in [0.29, 0.717) is 19.6 Å². The molecule has 1 rings (SSSR count). The van der Waals surface area contributed by atoms with E-state index in [1.54, 1.807) is 6.08 Å². The lowest BCUT2D eigenvalue weighted by Crippen LogP contribution is -2.33. The van der Waals surface area contributed by atoms with Gasteiger partial charge in [-0.3, -0.25) is 4.79 Å². The molecule has 0 amide bonds. The van der Waals surface area contributed by atoms with Gasteiger partial charge in [-0.05, 0) is 31.0 Å². The fraction of sp³-hybridized carbons (Fsp3) is 0.438. The van der Waals surface area contributed by atoms with E-state index in [1.165, 1.54) is 7.11 Å². The monoisotopic (exact) mass is 277 g/mol. The molecule has 0 aromatic heterocycles. The number of methoxy groups -OCH3 is 1. The molecule has 0 bridgehead atoms. The van der Waals surface area contributed by atoms with E-state index in [1.807, 2.05) is 31.2 Å². The molecule has 0 heterocycles. The second-order valence-corrected chi connectivity index (χ2v) is 4.46. The van der Waals surface area contributed by atoms with Gasteiger partial charge in [0.05, 0.1) is 20.1 Å². The number of esters is 1. The van der Waals surface area contributed by atoms with Crippen molar-refractivity contribution in [2.45, 2.75) is 25.8 Å². The van der Waals surface area contributed by atoms with Gasteiger partial charge < -0.3 is 14.8 Å². The minimum atomic E-state index is -0.211. The van der Waals surface area contributed by atoms with Crippen LogP contribution in [0.25, 0.3) is 0 Å². The number of carbonyl (C=O) groups is 1. The van der Waals surface area contributed by atoms with Gasteiger partial charge in [-0.25, -0.2) is 0 Å². The van der Waals surface area contributed by atoms with E-state index in [9.17, 15) is 4.79 Å². The first-order valence-corrected chi connectivity index (χ1v) is 6.82. The van der Waals surface area contributed by atoms with Gasteiger partial charge in [0.25, 0.3) is 0 Å². The minimum Gasteiger partial charge on any atom is -0.494 e. The summed E-state index contributed by atoms with van der Waals surface area (Å²) in [5.41, 5.74) is 1.15. The van der Waals surface area contributed by atoms with Gasteiger partial charge in [-0.1, -0.05) is 18.2 Å². The van der Waals surface area contributed by atoms with Gasteiger partial charge in [0.1, 0.15) is 5.75 Å². The van der Waals surface area contributed by atoms with Crippen molar-refractivity contribution < 1.29 is 14.3 Å². The molecule has 20 heavy (non-hydrogen) atoms. The molecule has 1 unspecified atom stereocenters. The van der Waals surface area contributed by atoms with Crippen LogP contribution in [0.15, 0.2) is 36.9 Å². The van der Waals surface area contributed by atoms with Crippen LogP contribution in [0.5, 0.6) is 5.75 Å². The first-order chi connectivity index (χ1) is 9.69. The molecule has 0 aliphatic heterocycles. The van der Waals surface area contributed by atoms with Gasteiger partial charge in [0.2, 0.25) is 0 Å². The van der Waals surface area contributed by atoms with E-state index < -0.39 is 0 Å². The predicted octanol–water partition coefficient (Wildman–Crippen LogP) is 2.34. The summed E-state index contributed by atoms with van der Waals surface area (Å²) >= 11 is 0. The molecule has 0 fully saturated rings. The van der Waals surface area contributed by atoms with Crippen molar-refractivity contribution in [1.82, 2.24) is 5.32 Å². The molecular formula is C16H23NO3. The van der Waals surface area contributed by atoms with E-state index in [2.05, 4.69) is 11.9 Å². The number of hydrogen-bond donors (Lipinski definition) is 1. The van der Waals surface area contributed by atoms with Crippen LogP contribution >= 0.6 is 0 Å². The quantitative estimate of drug-likeness (QED) is 0.556. The highest BCUT2D eigenvalue weighted by Gasteiger charge is 2.14. The molecule has 0 saturated carbocycles. The highest BCUT2D eigenvalue weighted by molar-refractivity contribution is 5.70. The van der Waals surface area contributed by atoms with Crippen molar-refractivity contribution in [2.24, 2.45) is 0 Å². The fourth-order valence-corrected chi connectivity index (χ4v) is 1.92. The zero-order valence-corrected chi connectivity index (χ0v) is 12.2. The van der Waals surface area contributed by atoms with Crippen LogP contribution in [-0.4, -0.2) is 32.3 Å². The molecule has 1 aromatic carbocycles. The number of ether oxygens (including phenoxy) is 2. The summed E-state index contributed by atoms with van der Waals surface area (Å²) in [5, 5.41) is 3.27. The number of carbonyl (C=O) groups excluding carboxylic acids is 1. The highest BCUT2D eigenvalue weighted by atomic mass is 16.5. The number of hydrogen-bond acceptors (Lipinski definition) is 4. The molecule has 4 heteroatoms. The van der Waals surface area contributed by atoms with Crippen LogP contribution in [0, 0.1) is 0 Å². The van der Waals surface area contributed by atoms with Crippen molar-refractivity contribution in [3.05, 3.63) is 42.5 Å². The van der Waals surface area contributed by atoms with E-state index in [4.69, 9.17) is 9.47 Å². The Morgan fingerprint density at radius 3 is 2.65 bits per heavy atom. The first-order valence-electron chi connectivity index (χ1n) is 6.82. The number of benzene rings is 1. The van der Waals surface area contributed by atoms with Gasteiger partial charge in [0, 0.05) is 12.6 Å². The number of nitrogens with one attached hydrogen (secondary N) is 1. The summed E-state index contributed by atoms with van der Waals surface area (Å²) in [7, 11) is 1.41. The van der Waals surface area contributed by atoms with E-state index in [0.717, 1.165) is 17.7 Å². The third-order valence-corrected chi connectivity index (χ3v) is 2.91. The highest BCUT2D eigenvalue weighted by Crippen LogP contribution is 2.14. The molecule has 0 aliphatic rings. The fourth-order valence-electron chi connectivity index (χ4n) is 1.92. The second kappa shape index (κ2) is 9.15. The Bertz CT molecular complexity index is 414. The molecule has 1 N–H and O–H groups in total. The third-order valence-electron chi connectivity index (χ3n) is 2.91. The lowest BCUT2D eigenvalue weighted by atomic mass is 10.0. The summed E-state index contributed by atoms with van der Waals surface area (Å²) < 4.78 is 10.1. The lowest BCUT2D eigenvalue weighted by molar-refractivity contribution is -0.141. The van der Waals surface area contributed by atoms with Crippen LogP contribution in [0.3, 0.4) is 0 Å². The smallest absolute Gasteiger partial charge is 0.307 e. The zero-order chi connectivity index (χ0) is 14.8. The zero-order valence-electron chi connectivity index (χ0n) is 12.2. The SMILES string of the molecule is C=CCNC(CC(=O)OC)Cc1ccc(OCC)cc1. The van der Waals surface area contributed by atoms with Crippen LogP contribution < -0.4 is 10.1 Å². The maximum Gasteiger partial charge on any atom is 0.307 e. The Labute approximate surface area is 120 Å². The molecule has 0 spiro atoms. The molecule has 1 atom stereocenters.